The summed E-state index contributed by atoms with van der Waals surface area (Å²) in [6, 6.07) is 0. The summed E-state index contributed by atoms with van der Waals surface area (Å²) in [5.41, 5.74) is 7.93. The smallest absolute Gasteiger partial charge is 0.232 e. The molecule has 0 saturated heterocycles. The Morgan fingerprint density at radius 1 is 1.50 bits per heavy atom. The number of ether oxygens (including phenoxy) is 1. The van der Waals surface area contributed by atoms with Crippen molar-refractivity contribution in [1.29, 1.82) is 0 Å². The third-order valence-corrected chi connectivity index (χ3v) is 5.07. The van der Waals surface area contributed by atoms with Crippen LogP contribution in [0, 0.1) is 5.92 Å². The van der Waals surface area contributed by atoms with E-state index in [0.29, 0.717) is 40.0 Å². The topological polar surface area (TPSA) is 74.2 Å². The van der Waals surface area contributed by atoms with Gasteiger partial charge in [0.1, 0.15) is 11.6 Å². The van der Waals surface area contributed by atoms with E-state index < -0.39 is 0 Å². The molecule has 118 valence electrons. The molecule has 2 aromatic rings. The van der Waals surface area contributed by atoms with E-state index in [2.05, 4.69) is 16.9 Å². The maximum atomic E-state index is 6.15. The average Bonchev–Trinajstić information content (AvgIpc) is 2.83. The van der Waals surface area contributed by atoms with Crippen LogP contribution in [0.2, 0.25) is 0 Å². The Labute approximate surface area is 139 Å². The monoisotopic (exact) mass is 337 g/mol. The number of thiocarbonyl (C=S) groups is 1. The highest BCUT2D eigenvalue weighted by Gasteiger charge is 2.25. The molecule has 2 heterocycles. The zero-order chi connectivity index (χ0) is 15.7. The lowest BCUT2D eigenvalue weighted by molar-refractivity contribution is 0.335. The molecule has 1 atom stereocenters. The standard InChI is InChI=1S/C15H19N3O2S2/c1-3-19-11(21)7-22-15-17-13(16)12-9-6-8(2)4-5-10(9)20-14(12)18-15/h8H,3-7H2,1-2H3,(H2,16,17,18). The second kappa shape index (κ2) is 6.42. The Morgan fingerprint density at radius 2 is 2.32 bits per heavy atom. The summed E-state index contributed by atoms with van der Waals surface area (Å²) < 4.78 is 11.2. The molecule has 0 spiro atoms. The summed E-state index contributed by atoms with van der Waals surface area (Å²) in [5, 5.41) is 2.01. The number of hydrogen-bond donors (Lipinski definition) is 1. The molecule has 3 rings (SSSR count). The largest absolute Gasteiger partial charge is 0.486 e. The van der Waals surface area contributed by atoms with Crippen LogP contribution < -0.4 is 5.73 Å². The van der Waals surface area contributed by atoms with Gasteiger partial charge in [-0.25, -0.2) is 4.98 Å². The predicted octanol–water partition coefficient (Wildman–Crippen LogP) is 3.39. The SMILES string of the molecule is CCOC(=S)CSc1nc(N)c2c3c(oc2n1)CCC(C)C3. The van der Waals surface area contributed by atoms with Gasteiger partial charge in [-0.3, -0.25) is 0 Å². The maximum Gasteiger partial charge on any atom is 0.232 e. The second-order valence-corrected chi connectivity index (χ2v) is 6.91. The maximum absolute atomic E-state index is 6.15. The first-order valence-electron chi connectivity index (χ1n) is 7.44. The molecule has 0 radical (unpaired) electrons. The van der Waals surface area contributed by atoms with E-state index in [1.165, 1.54) is 17.3 Å². The van der Waals surface area contributed by atoms with E-state index in [4.69, 9.17) is 27.1 Å². The van der Waals surface area contributed by atoms with Crippen molar-refractivity contribution in [2.75, 3.05) is 18.1 Å². The van der Waals surface area contributed by atoms with Crippen LogP contribution in [-0.4, -0.2) is 27.4 Å². The Bertz CT molecular complexity index is 714. The number of nitrogens with two attached hydrogens (primary N) is 1. The summed E-state index contributed by atoms with van der Waals surface area (Å²) >= 11 is 6.53. The molecule has 0 saturated carbocycles. The molecule has 0 aromatic carbocycles. The molecule has 7 heteroatoms. The van der Waals surface area contributed by atoms with Crippen LogP contribution in [0.15, 0.2) is 9.57 Å². The first-order chi connectivity index (χ1) is 10.6. The van der Waals surface area contributed by atoms with Crippen molar-refractivity contribution in [1.82, 2.24) is 9.97 Å². The van der Waals surface area contributed by atoms with Crippen molar-refractivity contribution in [3.8, 4) is 0 Å². The van der Waals surface area contributed by atoms with Gasteiger partial charge in [0.25, 0.3) is 0 Å². The molecule has 5 nitrogen and oxygen atoms in total. The van der Waals surface area contributed by atoms with E-state index in [0.717, 1.165) is 30.4 Å². The summed E-state index contributed by atoms with van der Waals surface area (Å²) in [6.07, 6.45) is 3.07. The van der Waals surface area contributed by atoms with E-state index >= 15 is 0 Å². The van der Waals surface area contributed by atoms with Gasteiger partial charge in [0.05, 0.1) is 17.7 Å². The molecule has 1 aliphatic rings. The van der Waals surface area contributed by atoms with Crippen molar-refractivity contribution in [3.63, 3.8) is 0 Å². The van der Waals surface area contributed by atoms with Gasteiger partial charge in [0.2, 0.25) is 5.71 Å². The van der Waals surface area contributed by atoms with Gasteiger partial charge in [-0.2, -0.15) is 4.98 Å². The first kappa shape index (κ1) is 15.6. The molecule has 0 bridgehead atoms. The van der Waals surface area contributed by atoms with Gasteiger partial charge in [0, 0.05) is 12.0 Å². The number of aryl methyl sites for hydroxylation is 1. The molecule has 0 aliphatic heterocycles. The number of anilines is 1. The van der Waals surface area contributed by atoms with Gasteiger partial charge in [-0.1, -0.05) is 18.7 Å². The van der Waals surface area contributed by atoms with Gasteiger partial charge < -0.3 is 14.9 Å². The summed E-state index contributed by atoms with van der Waals surface area (Å²) in [7, 11) is 0. The van der Waals surface area contributed by atoms with Crippen LogP contribution in [0.3, 0.4) is 0 Å². The minimum atomic E-state index is 0.494. The van der Waals surface area contributed by atoms with E-state index in [9.17, 15) is 0 Å². The number of nitrogen functional groups attached to an aromatic ring is 1. The lowest BCUT2D eigenvalue weighted by Gasteiger charge is -2.16. The van der Waals surface area contributed by atoms with Gasteiger partial charge >= 0.3 is 0 Å². The molecule has 0 amide bonds. The highest BCUT2D eigenvalue weighted by atomic mass is 32.2. The molecular formula is C15H19N3O2S2. The number of nitrogens with zero attached hydrogens (tertiary/aromatic N) is 2. The Morgan fingerprint density at radius 3 is 3.09 bits per heavy atom. The number of rotatable bonds is 4. The fourth-order valence-electron chi connectivity index (χ4n) is 2.75. The quantitative estimate of drug-likeness (QED) is 0.521. The zero-order valence-corrected chi connectivity index (χ0v) is 14.4. The predicted molar refractivity (Wildman–Crippen MR) is 92.4 cm³/mol. The van der Waals surface area contributed by atoms with Gasteiger partial charge in [-0.15, -0.1) is 0 Å². The molecule has 1 aliphatic carbocycles. The highest BCUT2D eigenvalue weighted by molar-refractivity contribution is 8.00. The van der Waals surface area contributed by atoms with Crippen LogP contribution in [0.1, 0.15) is 31.6 Å². The molecule has 22 heavy (non-hydrogen) atoms. The average molecular weight is 337 g/mol. The van der Waals surface area contributed by atoms with E-state index in [-0.39, 0.29) is 0 Å². The Kier molecular flexibility index (Phi) is 4.54. The number of hydrogen-bond acceptors (Lipinski definition) is 7. The molecule has 0 fully saturated rings. The van der Waals surface area contributed by atoms with Crippen molar-refractivity contribution in [2.24, 2.45) is 5.92 Å². The molecule has 2 N–H and O–H groups in total. The molecule has 2 aromatic heterocycles. The minimum absolute atomic E-state index is 0.494. The lowest BCUT2D eigenvalue weighted by atomic mass is 9.88. The van der Waals surface area contributed by atoms with E-state index in [1.807, 2.05) is 6.92 Å². The van der Waals surface area contributed by atoms with Crippen molar-refractivity contribution >= 4 is 45.9 Å². The zero-order valence-electron chi connectivity index (χ0n) is 12.7. The Balaban J connectivity index is 1.88. The number of aromatic nitrogens is 2. The number of fused-ring (bicyclic) bond motifs is 3. The van der Waals surface area contributed by atoms with Crippen LogP contribution in [0.5, 0.6) is 0 Å². The number of furan rings is 1. The Hall–Kier alpha value is -1.34. The van der Waals surface area contributed by atoms with Crippen molar-refractivity contribution < 1.29 is 9.15 Å². The van der Waals surface area contributed by atoms with Gasteiger partial charge in [0.15, 0.2) is 10.2 Å². The second-order valence-electron chi connectivity index (χ2n) is 5.52. The lowest BCUT2D eigenvalue weighted by Crippen LogP contribution is -2.10. The fraction of sp³-hybridized carbons (Fsp3) is 0.533. The third-order valence-electron chi connectivity index (χ3n) is 3.78. The molecular weight excluding hydrogens is 318 g/mol. The van der Waals surface area contributed by atoms with Gasteiger partial charge in [-0.05, 0) is 37.9 Å². The van der Waals surface area contributed by atoms with E-state index in [1.54, 1.807) is 0 Å². The molecule has 1 unspecified atom stereocenters. The fourth-order valence-corrected chi connectivity index (χ4v) is 3.68. The normalized spacial score (nSPS) is 17.5. The number of thioether (sulfide) groups is 1. The van der Waals surface area contributed by atoms with Crippen LogP contribution in [0.25, 0.3) is 11.1 Å². The van der Waals surface area contributed by atoms with Crippen molar-refractivity contribution in [3.05, 3.63) is 11.3 Å². The summed E-state index contributed by atoms with van der Waals surface area (Å²) in [5.74, 6) is 2.69. The van der Waals surface area contributed by atoms with Crippen LogP contribution in [0.4, 0.5) is 5.82 Å². The third kappa shape index (κ3) is 3.05. The minimum Gasteiger partial charge on any atom is -0.486 e. The summed E-state index contributed by atoms with van der Waals surface area (Å²) in [4.78, 5) is 8.88. The highest BCUT2D eigenvalue weighted by Crippen LogP contribution is 2.36. The first-order valence-corrected chi connectivity index (χ1v) is 8.84. The van der Waals surface area contributed by atoms with Crippen molar-refractivity contribution in [2.45, 2.75) is 38.3 Å². The van der Waals surface area contributed by atoms with Crippen LogP contribution in [-0.2, 0) is 17.6 Å². The van der Waals surface area contributed by atoms with Crippen LogP contribution >= 0.6 is 24.0 Å². The summed E-state index contributed by atoms with van der Waals surface area (Å²) in [6.45, 7) is 4.73.